The van der Waals surface area contributed by atoms with Crippen LogP contribution in [0, 0.1) is 23.7 Å². The van der Waals surface area contributed by atoms with E-state index >= 15 is 0 Å². The minimum Gasteiger partial charge on any atom is -0.507 e. The zero-order valence-corrected chi connectivity index (χ0v) is 21.0. The highest BCUT2D eigenvalue weighted by Crippen LogP contribution is 2.51. The van der Waals surface area contributed by atoms with Gasteiger partial charge in [0.05, 0.1) is 17.5 Å². The monoisotopic (exact) mass is 498 g/mol. The van der Waals surface area contributed by atoms with Crippen LogP contribution >= 0.6 is 0 Å². The summed E-state index contributed by atoms with van der Waals surface area (Å²) in [5.74, 6) is -10.1. The van der Waals surface area contributed by atoms with E-state index in [-0.39, 0.29) is 17.7 Å². The topological polar surface area (TPSA) is 155 Å². The molecule has 2 saturated carbocycles. The van der Waals surface area contributed by atoms with E-state index in [1.165, 1.54) is 11.0 Å². The molecule has 6 atom stereocenters. The molecular weight excluding hydrogens is 464 g/mol. The number of nitrogens with zero attached hydrogens (tertiary/aromatic N) is 1. The third kappa shape index (κ3) is 3.80. The maximum absolute atomic E-state index is 13.8. The zero-order chi connectivity index (χ0) is 26.5. The Labute approximate surface area is 210 Å². The summed E-state index contributed by atoms with van der Waals surface area (Å²) in [5.41, 5.74) is 4.34. The summed E-state index contributed by atoms with van der Waals surface area (Å²) in [6, 6.07) is 2.17. The van der Waals surface area contributed by atoms with Crippen molar-refractivity contribution >= 4 is 29.0 Å². The number of fused-ring (bicyclic) bond motifs is 3. The number of carbonyl (C=O) groups is 5. The summed E-state index contributed by atoms with van der Waals surface area (Å²) < 4.78 is 0. The molecule has 1 aromatic carbocycles. The van der Waals surface area contributed by atoms with Gasteiger partial charge in [0, 0.05) is 5.92 Å². The number of aliphatic hydroxyl groups is 1. The Balaban J connectivity index is 1.78. The molecule has 0 saturated heterocycles. The van der Waals surface area contributed by atoms with Gasteiger partial charge in [-0.3, -0.25) is 28.9 Å². The Morgan fingerprint density at radius 3 is 2.42 bits per heavy atom. The average molecular weight is 499 g/mol. The van der Waals surface area contributed by atoms with Crippen molar-refractivity contribution in [1.29, 1.82) is 0 Å². The molecule has 1 amide bonds. The highest BCUT2D eigenvalue weighted by atomic mass is 16.3. The van der Waals surface area contributed by atoms with Crippen LogP contribution in [-0.4, -0.2) is 69.9 Å². The second kappa shape index (κ2) is 9.52. The normalized spacial score (nSPS) is 31.8. The van der Waals surface area contributed by atoms with E-state index < -0.39 is 64.4 Å². The van der Waals surface area contributed by atoms with Gasteiger partial charge in [-0.05, 0) is 62.9 Å². The molecule has 0 heterocycles. The SMILES string of the molecule is CCCCCCc1ccc(O)c2c1CC1CC3[C@H](N(C)C)C(=O)C(C(N)=O)C(=O)[C@@]3(O)C(=O)C1C2=O. The minimum atomic E-state index is -2.69. The van der Waals surface area contributed by atoms with E-state index in [2.05, 4.69) is 6.92 Å². The molecule has 2 fully saturated rings. The number of nitrogens with two attached hydrogens (primary N) is 1. The summed E-state index contributed by atoms with van der Waals surface area (Å²) in [5, 5.41) is 22.2. The van der Waals surface area contributed by atoms with Crippen molar-refractivity contribution < 1.29 is 34.2 Å². The molecule has 4 unspecified atom stereocenters. The van der Waals surface area contributed by atoms with Gasteiger partial charge in [-0.1, -0.05) is 32.3 Å². The van der Waals surface area contributed by atoms with Gasteiger partial charge < -0.3 is 15.9 Å². The molecule has 9 nitrogen and oxygen atoms in total. The third-order valence-electron chi connectivity index (χ3n) is 8.34. The number of phenolic OH excluding ortho intramolecular Hbond substituents is 1. The van der Waals surface area contributed by atoms with Crippen molar-refractivity contribution in [3.05, 3.63) is 28.8 Å². The highest BCUT2D eigenvalue weighted by molar-refractivity contribution is 6.32. The summed E-state index contributed by atoms with van der Waals surface area (Å²) in [6.45, 7) is 2.12. The lowest BCUT2D eigenvalue weighted by molar-refractivity contribution is -0.181. The van der Waals surface area contributed by atoms with Crippen LogP contribution in [-0.2, 0) is 32.0 Å². The van der Waals surface area contributed by atoms with Crippen LogP contribution in [0.15, 0.2) is 12.1 Å². The molecule has 0 spiro atoms. The molecule has 36 heavy (non-hydrogen) atoms. The standard InChI is InChI=1S/C27H34N2O7/c1-4-5-6-7-8-13-9-10-17(30)19-15(13)11-14-12-16-21(29(2)3)23(32)20(26(28)35)25(34)27(16,36)24(33)18(14)22(19)31/h9-10,14,16,18,20-21,30,36H,4-8,11-12H2,1-3H3,(H2,28,35)/t14?,16?,18?,20?,21-,27-/m0/s1. The maximum atomic E-state index is 13.8. The first-order valence-corrected chi connectivity index (χ1v) is 12.6. The van der Waals surface area contributed by atoms with Gasteiger partial charge in [-0.25, -0.2) is 0 Å². The van der Waals surface area contributed by atoms with Crippen molar-refractivity contribution in [2.24, 2.45) is 29.4 Å². The molecule has 4 rings (SSSR count). The predicted molar refractivity (Wildman–Crippen MR) is 129 cm³/mol. The zero-order valence-electron chi connectivity index (χ0n) is 21.0. The molecule has 0 aromatic heterocycles. The first-order chi connectivity index (χ1) is 17.0. The van der Waals surface area contributed by atoms with Gasteiger partial charge >= 0.3 is 0 Å². The molecule has 0 bridgehead atoms. The van der Waals surface area contributed by atoms with E-state index in [4.69, 9.17) is 5.73 Å². The number of phenols is 1. The third-order valence-corrected chi connectivity index (χ3v) is 8.34. The lowest BCUT2D eigenvalue weighted by Crippen LogP contribution is -2.74. The second-order valence-corrected chi connectivity index (χ2v) is 10.7. The van der Waals surface area contributed by atoms with Crippen molar-refractivity contribution in [2.45, 2.75) is 63.5 Å². The number of ketones is 4. The summed E-state index contributed by atoms with van der Waals surface area (Å²) >= 11 is 0. The van der Waals surface area contributed by atoms with Crippen LogP contribution in [0.3, 0.4) is 0 Å². The number of likely N-dealkylation sites (N-methyl/N-ethyl adjacent to an activating group) is 1. The minimum absolute atomic E-state index is 0.0643. The smallest absolute Gasteiger partial charge is 0.235 e. The average Bonchev–Trinajstić information content (AvgIpc) is 2.80. The van der Waals surface area contributed by atoms with Gasteiger partial charge in [0.15, 0.2) is 34.7 Å². The summed E-state index contributed by atoms with van der Waals surface area (Å²) in [4.78, 5) is 67.3. The van der Waals surface area contributed by atoms with Crippen molar-refractivity contribution in [2.75, 3.05) is 14.1 Å². The maximum Gasteiger partial charge on any atom is 0.235 e. The second-order valence-electron chi connectivity index (χ2n) is 10.7. The Hall–Kier alpha value is -2.91. The van der Waals surface area contributed by atoms with Crippen molar-refractivity contribution in [3.63, 3.8) is 0 Å². The lowest BCUT2D eigenvalue weighted by Gasteiger charge is -2.52. The number of hydrogen-bond acceptors (Lipinski definition) is 8. The summed E-state index contributed by atoms with van der Waals surface area (Å²) in [7, 11) is 3.14. The Morgan fingerprint density at radius 1 is 1.11 bits per heavy atom. The van der Waals surface area contributed by atoms with Crippen LogP contribution < -0.4 is 5.73 Å². The fraction of sp³-hybridized carbons (Fsp3) is 0.593. The number of aromatic hydroxyl groups is 1. The quantitative estimate of drug-likeness (QED) is 0.371. The van der Waals surface area contributed by atoms with Crippen LogP contribution in [0.5, 0.6) is 5.75 Å². The van der Waals surface area contributed by atoms with Crippen molar-refractivity contribution in [3.8, 4) is 5.75 Å². The van der Waals surface area contributed by atoms with Crippen molar-refractivity contribution in [1.82, 2.24) is 4.90 Å². The molecule has 4 N–H and O–H groups in total. The van der Waals surface area contributed by atoms with Crippen LogP contribution in [0.2, 0.25) is 0 Å². The first kappa shape index (κ1) is 26.2. The predicted octanol–water partition coefficient (Wildman–Crippen LogP) is 0.990. The highest BCUT2D eigenvalue weighted by Gasteiger charge is 2.69. The van der Waals surface area contributed by atoms with Crippen LogP contribution in [0.4, 0.5) is 0 Å². The Bertz CT molecular complexity index is 1140. The van der Waals surface area contributed by atoms with Crippen LogP contribution in [0.1, 0.15) is 60.5 Å². The molecule has 3 aliphatic rings. The number of carbonyl (C=O) groups excluding carboxylic acids is 5. The number of amides is 1. The number of benzene rings is 1. The fourth-order valence-corrected chi connectivity index (χ4v) is 6.65. The van der Waals surface area contributed by atoms with E-state index in [0.717, 1.165) is 37.7 Å². The van der Waals surface area contributed by atoms with Gasteiger partial charge in [0.25, 0.3) is 0 Å². The molecule has 194 valence electrons. The van der Waals surface area contributed by atoms with Gasteiger partial charge in [0.2, 0.25) is 5.91 Å². The summed E-state index contributed by atoms with van der Waals surface area (Å²) in [6.07, 6.45) is 5.25. The number of unbranched alkanes of at least 4 members (excludes halogenated alkanes) is 3. The molecule has 3 aliphatic carbocycles. The molecule has 0 aliphatic heterocycles. The number of primary amides is 1. The van der Waals surface area contributed by atoms with Gasteiger partial charge in [0.1, 0.15) is 5.75 Å². The number of hydrogen-bond donors (Lipinski definition) is 3. The molecule has 1 aromatic rings. The molecule has 0 radical (unpaired) electrons. The number of aryl methyl sites for hydroxylation is 1. The van der Waals surface area contributed by atoms with E-state index in [1.54, 1.807) is 14.1 Å². The van der Waals surface area contributed by atoms with Crippen LogP contribution in [0.25, 0.3) is 0 Å². The molecule has 9 heteroatoms. The number of Topliss-reactive ketones (excluding diaryl/α,β-unsaturated/α-hetero) is 4. The fourth-order valence-electron chi connectivity index (χ4n) is 6.65. The first-order valence-electron chi connectivity index (χ1n) is 12.6. The van der Waals surface area contributed by atoms with E-state index in [0.29, 0.717) is 12.0 Å². The van der Waals surface area contributed by atoms with Gasteiger partial charge in [-0.15, -0.1) is 0 Å². The Morgan fingerprint density at radius 2 is 1.81 bits per heavy atom. The van der Waals surface area contributed by atoms with Gasteiger partial charge in [-0.2, -0.15) is 0 Å². The number of rotatable bonds is 7. The lowest BCUT2D eigenvalue weighted by atomic mass is 9.52. The Kier molecular flexibility index (Phi) is 6.92. The van der Waals surface area contributed by atoms with E-state index in [9.17, 15) is 34.2 Å². The van der Waals surface area contributed by atoms with E-state index in [1.807, 2.05) is 6.07 Å². The largest absolute Gasteiger partial charge is 0.507 e. The molecular formula is C27H34N2O7.